The molecular weight excluding hydrogens is 316 g/mol. The summed E-state index contributed by atoms with van der Waals surface area (Å²) in [6.45, 7) is 1.44. The van der Waals surface area contributed by atoms with Gasteiger partial charge in [-0.15, -0.1) is 11.3 Å². The Hall–Kier alpha value is -2.41. The fraction of sp³-hybridized carbons (Fsp3) is 0.312. The van der Waals surface area contributed by atoms with E-state index in [0.29, 0.717) is 28.7 Å². The predicted molar refractivity (Wildman–Crippen MR) is 88.6 cm³/mol. The highest BCUT2D eigenvalue weighted by atomic mass is 32.1. The Labute approximate surface area is 138 Å². The molecule has 0 unspecified atom stereocenters. The number of ether oxygens (including phenoxy) is 2. The van der Waals surface area contributed by atoms with E-state index in [1.165, 1.54) is 18.3 Å². The SMILES string of the molecule is COc1cccc(CCC(=O)Nc2nc(C(C)=O)cs2)c1OC. The van der Waals surface area contributed by atoms with Crippen LogP contribution in [0.25, 0.3) is 0 Å². The summed E-state index contributed by atoms with van der Waals surface area (Å²) < 4.78 is 10.6. The molecule has 1 N–H and O–H groups in total. The molecule has 2 aromatic rings. The van der Waals surface area contributed by atoms with Crippen molar-refractivity contribution in [3.8, 4) is 11.5 Å². The van der Waals surface area contributed by atoms with Gasteiger partial charge >= 0.3 is 0 Å². The molecule has 0 saturated heterocycles. The van der Waals surface area contributed by atoms with E-state index in [9.17, 15) is 9.59 Å². The molecule has 1 heterocycles. The number of aromatic nitrogens is 1. The lowest BCUT2D eigenvalue weighted by atomic mass is 10.1. The number of para-hydroxylation sites is 1. The van der Waals surface area contributed by atoms with Crippen molar-refractivity contribution >= 4 is 28.2 Å². The first-order valence-electron chi connectivity index (χ1n) is 7.01. The Morgan fingerprint density at radius 3 is 2.65 bits per heavy atom. The minimum atomic E-state index is -0.167. The maximum atomic E-state index is 12.0. The molecule has 1 aromatic heterocycles. The number of hydrogen-bond donors (Lipinski definition) is 1. The van der Waals surface area contributed by atoms with Gasteiger partial charge < -0.3 is 14.8 Å². The lowest BCUT2D eigenvalue weighted by Crippen LogP contribution is -2.12. The third-order valence-electron chi connectivity index (χ3n) is 3.22. The second-order valence-electron chi connectivity index (χ2n) is 4.79. The van der Waals surface area contributed by atoms with Crippen LogP contribution in [0.4, 0.5) is 5.13 Å². The van der Waals surface area contributed by atoms with Gasteiger partial charge in [0.25, 0.3) is 0 Å². The molecule has 2 rings (SSSR count). The number of anilines is 1. The first-order chi connectivity index (χ1) is 11.0. The average molecular weight is 334 g/mol. The molecule has 0 aliphatic rings. The van der Waals surface area contributed by atoms with Crippen molar-refractivity contribution < 1.29 is 19.1 Å². The molecule has 23 heavy (non-hydrogen) atoms. The van der Waals surface area contributed by atoms with Crippen LogP contribution in [0.2, 0.25) is 0 Å². The molecule has 7 heteroatoms. The summed E-state index contributed by atoms with van der Waals surface area (Å²) >= 11 is 1.23. The number of ketones is 1. The Morgan fingerprint density at radius 1 is 1.26 bits per heavy atom. The van der Waals surface area contributed by atoms with Crippen LogP contribution in [0.3, 0.4) is 0 Å². The van der Waals surface area contributed by atoms with Gasteiger partial charge in [0.2, 0.25) is 5.91 Å². The highest BCUT2D eigenvalue weighted by Gasteiger charge is 2.13. The zero-order valence-corrected chi connectivity index (χ0v) is 14.0. The van der Waals surface area contributed by atoms with Gasteiger partial charge in [0, 0.05) is 18.7 Å². The van der Waals surface area contributed by atoms with Crippen LogP contribution in [0.1, 0.15) is 29.4 Å². The van der Waals surface area contributed by atoms with Crippen LogP contribution >= 0.6 is 11.3 Å². The zero-order chi connectivity index (χ0) is 16.8. The summed E-state index contributed by atoms with van der Waals surface area (Å²) in [6.07, 6.45) is 0.787. The molecule has 0 aliphatic heterocycles. The molecule has 0 radical (unpaired) electrons. The lowest BCUT2D eigenvalue weighted by molar-refractivity contribution is -0.116. The normalized spacial score (nSPS) is 10.2. The zero-order valence-electron chi connectivity index (χ0n) is 13.2. The van der Waals surface area contributed by atoms with Crippen molar-refractivity contribution in [2.75, 3.05) is 19.5 Å². The lowest BCUT2D eigenvalue weighted by Gasteiger charge is -2.12. The average Bonchev–Trinajstić information content (AvgIpc) is 3.01. The molecule has 0 aliphatic carbocycles. The molecule has 1 aromatic carbocycles. The number of carbonyl (C=O) groups is 2. The molecule has 0 fully saturated rings. The number of amides is 1. The summed E-state index contributed by atoms with van der Waals surface area (Å²) in [5.41, 5.74) is 1.25. The largest absolute Gasteiger partial charge is 0.493 e. The summed E-state index contributed by atoms with van der Waals surface area (Å²) in [4.78, 5) is 27.3. The van der Waals surface area contributed by atoms with Crippen LogP contribution in [0.5, 0.6) is 11.5 Å². The summed E-state index contributed by atoms with van der Waals surface area (Å²) in [5, 5.41) is 4.75. The Bertz CT molecular complexity index is 712. The van der Waals surface area contributed by atoms with E-state index in [4.69, 9.17) is 9.47 Å². The molecule has 0 spiro atoms. The van der Waals surface area contributed by atoms with E-state index < -0.39 is 0 Å². The van der Waals surface area contributed by atoms with E-state index in [1.807, 2.05) is 12.1 Å². The second-order valence-corrected chi connectivity index (χ2v) is 5.65. The van der Waals surface area contributed by atoms with E-state index in [1.54, 1.807) is 25.7 Å². The van der Waals surface area contributed by atoms with Gasteiger partial charge in [-0.25, -0.2) is 4.98 Å². The van der Waals surface area contributed by atoms with Gasteiger partial charge in [-0.3, -0.25) is 9.59 Å². The second kappa shape index (κ2) is 7.73. The van der Waals surface area contributed by atoms with Crippen molar-refractivity contribution in [2.24, 2.45) is 0 Å². The van der Waals surface area contributed by atoms with Crippen molar-refractivity contribution in [2.45, 2.75) is 19.8 Å². The fourth-order valence-corrected chi connectivity index (χ4v) is 2.84. The van der Waals surface area contributed by atoms with Crippen LogP contribution in [0.15, 0.2) is 23.6 Å². The number of aryl methyl sites for hydroxylation is 1. The fourth-order valence-electron chi connectivity index (χ4n) is 2.07. The maximum Gasteiger partial charge on any atom is 0.226 e. The number of nitrogens with zero attached hydrogens (tertiary/aromatic N) is 1. The minimum absolute atomic E-state index is 0.122. The minimum Gasteiger partial charge on any atom is -0.493 e. The van der Waals surface area contributed by atoms with Gasteiger partial charge in [-0.05, 0) is 18.1 Å². The van der Waals surface area contributed by atoms with E-state index >= 15 is 0 Å². The van der Waals surface area contributed by atoms with Crippen molar-refractivity contribution in [3.05, 3.63) is 34.8 Å². The number of benzene rings is 1. The highest BCUT2D eigenvalue weighted by molar-refractivity contribution is 7.14. The molecule has 0 atom stereocenters. The number of hydrogen-bond acceptors (Lipinski definition) is 6. The van der Waals surface area contributed by atoms with Gasteiger partial charge in [-0.2, -0.15) is 0 Å². The smallest absolute Gasteiger partial charge is 0.226 e. The molecule has 0 saturated carbocycles. The highest BCUT2D eigenvalue weighted by Crippen LogP contribution is 2.31. The number of rotatable bonds is 7. The van der Waals surface area contributed by atoms with Gasteiger partial charge in [0.05, 0.1) is 14.2 Å². The Balaban J connectivity index is 1.97. The molecule has 0 bridgehead atoms. The summed E-state index contributed by atoms with van der Waals surface area (Å²) in [5.74, 6) is 0.981. The number of thiazole rings is 1. The topological polar surface area (TPSA) is 77.5 Å². The Kier molecular flexibility index (Phi) is 5.70. The first kappa shape index (κ1) is 17.0. The summed E-state index contributed by atoms with van der Waals surface area (Å²) in [7, 11) is 3.14. The quantitative estimate of drug-likeness (QED) is 0.788. The first-order valence-corrected chi connectivity index (χ1v) is 7.89. The van der Waals surface area contributed by atoms with Gasteiger partial charge in [-0.1, -0.05) is 12.1 Å². The number of nitrogens with one attached hydrogen (secondary N) is 1. The van der Waals surface area contributed by atoms with Crippen LogP contribution in [-0.2, 0) is 11.2 Å². The van der Waals surface area contributed by atoms with E-state index in [-0.39, 0.29) is 18.1 Å². The van der Waals surface area contributed by atoms with Crippen molar-refractivity contribution in [1.29, 1.82) is 0 Å². The predicted octanol–water partition coefficient (Wildman–Crippen LogP) is 2.93. The van der Waals surface area contributed by atoms with Crippen molar-refractivity contribution in [3.63, 3.8) is 0 Å². The molecule has 122 valence electrons. The van der Waals surface area contributed by atoms with Gasteiger partial charge in [0.1, 0.15) is 5.69 Å². The van der Waals surface area contributed by atoms with Crippen LogP contribution < -0.4 is 14.8 Å². The number of carbonyl (C=O) groups excluding carboxylic acids is 2. The third kappa shape index (κ3) is 4.29. The van der Waals surface area contributed by atoms with Crippen molar-refractivity contribution in [1.82, 2.24) is 4.98 Å². The van der Waals surface area contributed by atoms with Gasteiger partial charge in [0.15, 0.2) is 22.4 Å². The van der Waals surface area contributed by atoms with Crippen LogP contribution in [0, 0.1) is 0 Å². The summed E-state index contributed by atoms with van der Waals surface area (Å²) in [6, 6.07) is 5.56. The van der Waals surface area contributed by atoms with Crippen LogP contribution in [-0.4, -0.2) is 30.9 Å². The monoisotopic (exact) mass is 334 g/mol. The van der Waals surface area contributed by atoms with E-state index in [2.05, 4.69) is 10.3 Å². The van der Waals surface area contributed by atoms with E-state index in [0.717, 1.165) is 5.56 Å². The molecular formula is C16H18N2O4S. The standard InChI is InChI=1S/C16H18N2O4S/c1-10(19)12-9-23-16(17-12)18-14(20)8-7-11-5-4-6-13(21-2)15(11)22-3/h4-6,9H,7-8H2,1-3H3,(H,17,18,20). The molecule has 6 nitrogen and oxygen atoms in total. The maximum absolute atomic E-state index is 12.0. The molecule has 1 amide bonds. The Morgan fingerprint density at radius 2 is 2.04 bits per heavy atom. The number of methoxy groups -OCH3 is 2. The number of Topliss-reactive ketones (excluding diaryl/α,β-unsaturated/α-hetero) is 1. The third-order valence-corrected chi connectivity index (χ3v) is 3.97.